The Labute approximate surface area is 212 Å². The Morgan fingerprint density at radius 1 is 0.405 bits per heavy atom. The van der Waals surface area contributed by atoms with Gasteiger partial charge in [0.2, 0.25) is 0 Å². The van der Waals surface area contributed by atoms with Crippen molar-refractivity contribution in [2.45, 2.75) is 0 Å². The lowest BCUT2D eigenvalue weighted by Crippen LogP contribution is -2.09. The molecule has 6 aromatic carbocycles. The van der Waals surface area contributed by atoms with Gasteiger partial charge in [0.25, 0.3) is 0 Å². The number of benzene rings is 6. The quantitative estimate of drug-likeness (QED) is 0.255. The summed E-state index contributed by atoms with van der Waals surface area (Å²) < 4.78 is 12.8. The van der Waals surface area contributed by atoms with Gasteiger partial charge in [0.1, 0.15) is 16.7 Å². The third-order valence-electron chi connectivity index (χ3n) is 7.22. The summed E-state index contributed by atoms with van der Waals surface area (Å²) >= 11 is 0. The molecule has 0 N–H and O–H groups in total. The Kier molecular flexibility index (Phi) is 4.23. The van der Waals surface area contributed by atoms with Crippen LogP contribution in [0.2, 0.25) is 0 Å². The third kappa shape index (κ3) is 3.08. The SMILES string of the molecule is c1ccc(N(c2ccc3c(c2)oc2cc4ccccc4cc23)c2cccc3c2oc2ccccc23)cc1. The van der Waals surface area contributed by atoms with Crippen LogP contribution in [0.25, 0.3) is 54.6 Å². The molecule has 0 aliphatic rings. The highest BCUT2D eigenvalue weighted by atomic mass is 16.3. The van der Waals surface area contributed by atoms with Crippen LogP contribution in [0.5, 0.6) is 0 Å². The Balaban J connectivity index is 1.38. The Hall–Kier alpha value is -5.02. The first-order valence-corrected chi connectivity index (χ1v) is 12.4. The average Bonchev–Trinajstić information content (AvgIpc) is 3.50. The van der Waals surface area contributed by atoms with Gasteiger partial charge in [-0.3, -0.25) is 0 Å². The summed E-state index contributed by atoms with van der Waals surface area (Å²) in [5, 5.41) is 6.85. The Morgan fingerprint density at radius 3 is 2.00 bits per heavy atom. The van der Waals surface area contributed by atoms with E-state index in [1.807, 2.05) is 18.2 Å². The van der Waals surface area contributed by atoms with E-state index in [1.165, 1.54) is 10.8 Å². The molecule has 0 fully saturated rings. The lowest BCUT2D eigenvalue weighted by molar-refractivity contribution is 0.667. The highest BCUT2D eigenvalue weighted by molar-refractivity contribution is 6.12. The van der Waals surface area contributed by atoms with Gasteiger partial charge in [-0.05, 0) is 59.3 Å². The first-order valence-electron chi connectivity index (χ1n) is 12.4. The van der Waals surface area contributed by atoms with Gasteiger partial charge in [-0.2, -0.15) is 0 Å². The smallest absolute Gasteiger partial charge is 0.159 e. The minimum atomic E-state index is 0.862. The van der Waals surface area contributed by atoms with Crippen LogP contribution in [-0.4, -0.2) is 0 Å². The molecule has 2 aromatic heterocycles. The molecule has 0 aliphatic carbocycles. The maximum Gasteiger partial charge on any atom is 0.159 e. The predicted octanol–water partition coefficient (Wildman–Crippen LogP) is 10.1. The van der Waals surface area contributed by atoms with E-state index in [9.17, 15) is 0 Å². The molecule has 0 saturated carbocycles. The second kappa shape index (κ2) is 7.74. The number of rotatable bonds is 3. The monoisotopic (exact) mass is 475 g/mol. The molecule has 0 bridgehead atoms. The second-order valence-electron chi connectivity index (χ2n) is 9.40. The van der Waals surface area contributed by atoms with E-state index in [1.54, 1.807) is 0 Å². The highest BCUT2D eigenvalue weighted by Crippen LogP contribution is 2.43. The average molecular weight is 476 g/mol. The van der Waals surface area contributed by atoms with Gasteiger partial charge in [-0.25, -0.2) is 0 Å². The fraction of sp³-hybridized carbons (Fsp3) is 0. The zero-order valence-electron chi connectivity index (χ0n) is 19.9. The number of nitrogens with zero attached hydrogens (tertiary/aromatic N) is 1. The highest BCUT2D eigenvalue weighted by Gasteiger charge is 2.20. The molecule has 0 amide bonds. The molecule has 0 spiro atoms. The molecular formula is C34H21NO2. The van der Waals surface area contributed by atoms with Crippen LogP contribution in [0, 0.1) is 0 Å². The van der Waals surface area contributed by atoms with E-state index >= 15 is 0 Å². The number of hydrogen-bond donors (Lipinski definition) is 0. The normalized spacial score (nSPS) is 11.8. The topological polar surface area (TPSA) is 29.5 Å². The number of anilines is 3. The van der Waals surface area contributed by atoms with Gasteiger partial charge in [0, 0.05) is 33.3 Å². The maximum atomic E-state index is 6.42. The molecule has 0 radical (unpaired) electrons. The van der Waals surface area contributed by atoms with Crippen molar-refractivity contribution in [3.8, 4) is 0 Å². The fourth-order valence-electron chi connectivity index (χ4n) is 5.50. The number of hydrogen-bond acceptors (Lipinski definition) is 3. The second-order valence-corrected chi connectivity index (χ2v) is 9.40. The van der Waals surface area contributed by atoms with Crippen molar-refractivity contribution in [1.82, 2.24) is 0 Å². The molecule has 2 heterocycles. The predicted molar refractivity (Wildman–Crippen MR) is 153 cm³/mol. The van der Waals surface area contributed by atoms with Gasteiger partial charge >= 0.3 is 0 Å². The molecule has 37 heavy (non-hydrogen) atoms. The summed E-state index contributed by atoms with van der Waals surface area (Å²) in [6.07, 6.45) is 0. The lowest BCUT2D eigenvalue weighted by atomic mass is 10.1. The van der Waals surface area contributed by atoms with E-state index in [2.05, 4.69) is 114 Å². The summed E-state index contributed by atoms with van der Waals surface area (Å²) in [6, 6.07) is 44.2. The minimum Gasteiger partial charge on any atom is -0.456 e. The van der Waals surface area contributed by atoms with Gasteiger partial charge in [-0.1, -0.05) is 72.8 Å². The summed E-state index contributed by atoms with van der Waals surface area (Å²) in [4.78, 5) is 2.24. The lowest BCUT2D eigenvalue weighted by Gasteiger charge is -2.25. The molecule has 8 aromatic rings. The minimum absolute atomic E-state index is 0.862. The Bertz CT molecular complexity index is 2100. The van der Waals surface area contributed by atoms with Crippen LogP contribution in [-0.2, 0) is 0 Å². The van der Waals surface area contributed by atoms with Crippen LogP contribution in [0.4, 0.5) is 17.1 Å². The van der Waals surface area contributed by atoms with Crippen molar-refractivity contribution in [3.63, 3.8) is 0 Å². The van der Waals surface area contributed by atoms with Crippen LogP contribution in [0.1, 0.15) is 0 Å². The number of furan rings is 2. The summed E-state index contributed by atoms with van der Waals surface area (Å²) in [6.45, 7) is 0. The van der Waals surface area contributed by atoms with Crippen molar-refractivity contribution in [2.24, 2.45) is 0 Å². The van der Waals surface area contributed by atoms with Crippen LogP contribution in [0.3, 0.4) is 0 Å². The molecule has 8 rings (SSSR count). The number of fused-ring (bicyclic) bond motifs is 7. The summed E-state index contributed by atoms with van der Waals surface area (Å²) in [5.41, 5.74) is 6.56. The molecule has 0 unspecified atom stereocenters. The first-order chi connectivity index (χ1) is 18.3. The van der Waals surface area contributed by atoms with E-state index in [0.717, 1.165) is 60.9 Å². The van der Waals surface area contributed by atoms with Crippen molar-refractivity contribution in [2.75, 3.05) is 4.90 Å². The molecule has 3 nitrogen and oxygen atoms in total. The van der Waals surface area contributed by atoms with Gasteiger partial charge < -0.3 is 13.7 Å². The molecule has 0 aliphatic heterocycles. The van der Waals surface area contributed by atoms with Gasteiger partial charge in [0.05, 0.1) is 11.4 Å². The van der Waals surface area contributed by atoms with Crippen molar-refractivity contribution < 1.29 is 8.83 Å². The molecule has 3 heteroatoms. The largest absolute Gasteiger partial charge is 0.456 e. The fourth-order valence-corrected chi connectivity index (χ4v) is 5.50. The molecule has 174 valence electrons. The first kappa shape index (κ1) is 20.2. The molecule has 0 saturated heterocycles. The van der Waals surface area contributed by atoms with Crippen LogP contribution < -0.4 is 4.90 Å². The van der Waals surface area contributed by atoms with Crippen LogP contribution >= 0.6 is 0 Å². The van der Waals surface area contributed by atoms with E-state index in [0.29, 0.717) is 0 Å². The van der Waals surface area contributed by atoms with Crippen molar-refractivity contribution in [1.29, 1.82) is 0 Å². The van der Waals surface area contributed by atoms with Crippen molar-refractivity contribution in [3.05, 3.63) is 127 Å². The zero-order chi connectivity index (χ0) is 24.3. The van der Waals surface area contributed by atoms with E-state index in [-0.39, 0.29) is 0 Å². The number of para-hydroxylation sites is 3. The summed E-state index contributed by atoms with van der Waals surface area (Å²) in [5.74, 6) is 0. The van der Waals surface area contributed by atoms with Gasteiger partial charge in [0.15, 0.2) is 5.58 Å². The molecular weight excluding hydrogens is 454 g/mol. The zero-order valence-corrected chi connectivity index (χ0v) is 19.9. The Morgan fingerprint density at radius 2 is 1.11 bits per heavy atom. The van der Waals surface area contributed by atoms with Crippen molar-refractivity contribution >= 4 is 71.7 Å². The van der Waals surface area contributed by atoms with E-state index in [4.69, 9.17) is 8.83 Å². The third-order valence-corrected chi connectivity index (χ3v) is 7.22. The van der Waals surface area contributed by atoms with Gasteiger partial charge in [-0.15, -0.1) is 0 Å². The van der Waals surface area contributed by atoms with E-state index < -0.39 is 0 Å². The standard InChI is InChI=1S/C34H21NO2/c1-2-11-24(12-3-1)35(30-15-8-14-28-26-13-6-7-16-31(26)37-34(28)30)25-17-18-27-29-19-22-9-4-5-10-23(22)20-32(29)36-33(27)21-25/h1-21H. The summed E-state index contributed by atoms with van der Waals surface area (Å²) in [7, 11) is 0. The molecule has 0 atom stereocenters. The maximum absolute atomic E-state index is 6.42. The van der Waals surface area contributed by atoms with Crippen LogP contribution in [0.15, 0.2) is 136 Å².